The molecule has 3 rings (SSSR count). The SMILES string of the molecule is O=C(COc1ncnc2sccc12)NCCCc1ccccc1. The maximum atomic E-state index is 11.8. The van der Waals surface area contributed by atoms with E-state index < -0.39 is 0 Å². The summed E-state index contributed by atoms with van der Waals surface area (Å²) in [5, 5.41) is 5.63. The zero-order valence-electron chi connectivity index (χ0n) is 12.6. The van der Waals surface area contributed by atoms with Gasteiger partial charge in [0.05, 0.1) is 5.39 Å². The molecule has 0 unspecified atom stereocenters. The quantitative estimate of drug-likeness (QED) is 0.678. The third-order valence-electron chi connectivity index (χ3n) is 3.37. The van der Waals surface area contributed by atoms with Crippen molar-refractivity contribution < 1.29 is 9.53 Å². The Kier molecular flexibility index (Phi) is 5.16. The normalized spacial score (nSPS) is 10.6. The van der Waals surface area contributed by atoms with Crippen LogP contribution in [0.15, 0.2) is 48.1 Å². The van der Waals surface area contributed by atoms with E-state index in [2.05, 4.69) is 27.4 Å². The number of hydrogen-bond donors (Lipinski definition) is 1. The number of aryl methyl sites for hydroxylation is 1. The van der Waals surface area contributed by atoms with Crippen LogP contribution in [0.25, 0.3) is 10.2 Å². The predicted molar refractivity (Wildman–Crippen MR) is 90.7 cm³/mol. The molecule has 1 aromatic carbocycles. The van der Waals surface area contributed by atoms with Crippen molar-refractivity contribution in [1.29, 1.82) is 0 Å². The van der Waals surface area contributed by atoms with E-state index in [0.717, 1.165) is 23.1 Å². The van der Waals surface area contributed by atoms with E-state index in [1.165, 1.54) is 23.2 Å². The third-order valence-corrected chi connectivity index (χ3v) is 4.19. The molecule has 5 nitrogen and oxygen atoms in total. The number of carbonyl (C=O) groups excluding carboxylic acids is 1. The Morgan fingerprint density at radius 2 is 2.04 bits per heavy atom. The van der Waals surface area contributed by atoms with E-state index in [1.54, 1.807) is 0 Å². The van der Waals surface area contributed by atoms with Crippen LogP contribution in [-0.4, -0.2) is 29.0 Å². The number of benzene rings is 1. The Morgan fingerprint density at radius 1 is 1.17 bits per heavy atom. The largest absolute Gasteiger partial charge is 0.467 e. The number of carbonyl (C=O) groups is 1. The zero-order chi connectivity index (χ0) is 15.9. The van der Waals surface area contributed by atoms with E-state index in [1.807, 2.05) is 29.6 Å². The van der Waals surface area contributed by atoms with Crippen molar-refractivity contribution in [3.8, 4) is 5.88 Å². The minimum absolute atomic E-state index is 0.0344. The monoisotopic (exact) mass is 327 g/mol. The van der Waals surface area contributed by atoms with Gasteiger partial charge < -0.3 is 10.1 Å². The van der Waals surface area contributed by atoms with Crippen LogP contribution in [0.2, 0.25) is 0 Å². The fourth-order valence-electron chi connectivity index (χ4n) is 2.23. The van der Waals surface area contributed by atoms with E-state index in [4.69, 9.17) is 4.74 Å². The third kappa shape index (κ3) is 4.26. The molecule has 0 saturated carbocycles. The van der Waals surface area contributed by atoms with Gasteiger partial charge in [0.25, 0.3) is 5.91 Å². The minimum atomic E-state index is -0.139. The zero-order valence-corrected chi connectivity index (χ0v) is 13.4. The van der Waals surface area contributed by atoms with Gasteiger partial charge in [0.2, 0.25) is 5.88 Å². The molecule has 2 aromatic heterocycles. The van der Waals surface area contributed by atoms with Gasteiger partial charge in [0.15, 0.2) is 6.61 Å². The lowest BCUT2D eigenvalue weighted by Crippen LogP contribution is -2.30. The van der Waals surface area contributed by atoms with Crippen LogP contribution in [0.3, 0.4) is 0 Å². The molecule has 118 valence electrons. The summed E-state index contributed by atoms with van der Waals surface area (Å²) in [6, 6.07) is 12.1. The Balaban J connectivity index is 1.41. The summed E-state index contributed by atoms with van der Waals surface area (Å²) in [6.45, 7) is 0.599. The summed E-state index contributed by atoms with van der Waals surface area (Å²) in [6.07, 6.45) is 3.30. The number of aromatic nitrogens is 2. The van der Waals surface area contributed by atoms with Crippen LogP contribution >= 0.6 is 11.3 Å². The fourth-order valence-corrected chi connectivity index (χ4v) is 2.96. The molecule has 0 aliphatic heterocycles. The van der Waals surface area contributed by atoms with Crippen molar-refractivity contribution in [3.63, 3.8) is 0 Å². The molecule has 1 N–H and O–H groups in total. The van der Waals surface area contributed by atoms with Crippen LogP contribution in [-0.2, 0) is 11.2 Å². The molecule has 0 radical (unpaired) electrons. The van der Waals surface area contributed by atoms with Crippen LogP contribution in [0, 0.1) is 0 Å². The van der Waals surface area contributed by atoms with Crippen molar-refractivity contribution in [2.24, 2.45) is 0 Å². The van der Waals surface area contributed by atoms with Gasteiger partial charge in [-0.2, -0.15) is 0 Å². The maximum Gasteiger partial charge on any atom is 0.258 e. The molecule has 0 atom stereocenters. The number of nitrogens with one attached hydrogen (secondary N) is 1. The van der Waals surface area contributed by atoms with Crippen LogP contribution in [0.5, 0.6) is 5.88 Å². The first-order valence-electron chi connectivity index (χ1n) is 7.44. The van der Waals surface area contributed by atoms with Gasteiger partial charge in [-0.05, 0) is 29.9 Å². The molecular formula is C17H17N3O2S. The van der Waals surface area contributed by atoms with Crippen molar-refractivity contribution in [2.45, 2.75) is 12.8 Å². The number of hydrogen-bond acceptors (Lipinski definition) is 5. The Morgan fingerprint density at radius 3 is 2.91 bits per heavy atom. The summed E-state index contributed by atoms with van der Waals surface area (Å²) in [7, 11) is 0. The molecule has 3 aromatic rings. The molecular weight excluding hydrogens is 310 g/mol. The molecule has 1 amide bonds. The summed E-state index contributed by atoms with van der Waals surface area (Å²) in [5.74, 6) is 0.315. The number of amides is 1. The van der Waals surface area contributed by atoms with Crippen molar-refractivity contribution in [1.82, 2.24) is 15.3 Å². The van der Waals surface area contributed by atoms with Crippen molar-refractivity contribution in [2.75, 3.05) is 13.2 Å². The lowest BCUT2D eigenvalue weighted by molar-refractivity contribution is -0.123. The molecule has 0 aliphatic carbocycles. The molecule has 6 heteroatoms. The van der Waals surface area contributed by atoms with Gasteiger partial charge in [0.1, 0.15) is 11.2 Å². The Hall–Kier alpha value is -2.47. The number of nitrogens with zero attached hydrogens (tertiary/aromatic N) is 2. The molecule has 0 bridgehead atoms. The average Bonchev–Trinajstić information content (AvgIpc) is 3.07. The van der Waals surface area contributed by atoms with Gasteiger partial charge in [-0.25, -0.2) is 9.97 Å². The number of rotatable bonds is 7. The van der Waals surface area contributed by atoms with Crippen LogP contribution < -0.4 is 10.1 Å². The first kappa shape index (κ1) is 15.4. The highest BCUT2D eigenvalue weighted by molar-refractivity contribution is 7.16. The molecule has 0 aliphatic rings. The van der Waals surface area contributed by atoms with Gasteiger partial charge >= 0.3 is 0 Å². The van der Waals surface area contributed by atoms with Gasteiger partial charge in [-0.1, -0.05) is 30.3 Å². The second-order valence-corrected chi connectivity index (χ2v) is 5.94. The van der Waals surface area contributed by atoms with Crippen molar-refractivity contribution in [3.05, 3.63) is 53.7 Å². The van der Waals surface area contributed by atoms with Crippen molar-refractivity contribution >= 4 is 27.5 Å². The fraction of sp³-hybridized carbons (Fsp3) is 0.235. The molecule has 0 fully saturated rings. The predicted octanol–water partition coefficient (Wildman–Crippen LogP) is 2.82. The second kappa shape index (κ2) is 7.69. The van der Waals surface area contributed by atoms with E-state index in [9.17, 15) is 4.79 Å². The number of ether oxygens (including phenoxy) is 1. The lowest BCUT2D eigenvalue weighted by Gasteiger charge is -2.07. The molecule has 0 saturated heterocycles. The second-order valence-electron chi connectivity index (χ2n) is 5.05. The first-order valence-corrected chi connectivity index (χ1v) is 8.32. The molecule has 2 heterocycles. The smallest absolute Gasteiger partial charge is 0.258 e. The number of fused-ring (bicyclic) bond motifs is 1. The number of thiophene rings is 1. The maximum absolute atomic E-state index is 11.8. The van der Waals surface area contributed by atoms with E-state index in [-0.39, 0.29) is 12.5 Å². The van der Waals surface area contributed by atoms with Gasteiger partial charge in [-0.15, -0.1) is 11.3 Å². The Labute approximate surface area is 138 Å². The van der Waals surface area contributed by atoms with Gasteiger partial charge in [0, 0.05) is 6.54 Å². The minimum Gasteiger partial charge on any atom is -0.467 e. The first-order chi connectivity index (χ1) is 11.3. The van der Waals surface area contributed by atoms with E-state index in [0.29, 0.717) is 12.4 Å². The highest BCUT2D eigenvalue weighted by Crippen LogP contribution is 2.25. The Bertz CT molecular complexity index is 774. The topological polar surface area (TPSA) is 64.1 Å². The summed E-state index contributed by atoms with van der Waals surface area (Å²) < 4.78 is 5.50. The summed E-state index contributed by atoms with van der Waals surface area (Å²) in [5.41, 5.74) is 1.28. The summed E-state index contributed by atoms with van der Waals surface area (Å²) >= 11 is 1.52. The standard InChI is InChI=1S/C17H17N3O2S/c21-15(18-9-4-7-13-5-2-1-3-6-13)11-22-16-14-8-10-23-17(14)20-12-19-16/h1-3,5-6,8,10,12H,4,7,9,11H2,(H,18,21). The summed E-state index contributed by atoms with van der Waals surface area (Å²) in [4.78, 5) is 20.9. The highest BCUT2D eigenvalue weighted by Gasteiger charge is 2.08. The lowest BCUT2D eigenvalue weighted by atomic mass is 10.1. The molecule has 23 heavy (non-hydrogen) atoms. The van der Waals surface area contributed by atoms with Crippen LogP contribution in [0.1, 0.15) is 12.0 Å². The highest BCUT2D eigenvalue weighted by atomic mass is 32.1. The van der Waals surface area contributed by atoms with Gasteiger partial charge in [-0.3, -0.25) is 4.79 Å². The molecule has 0 spiro atoms. The van der Waals surface area contributed by atoms with Crippen LogP contribution in [0.4, 0.5) is 0 Å². The van der Waals surface area contributed by atoms with E-state index >= 15 is 0 Å². The average molecular weight is 327 g/mol.